The Hall–Kier alpha value is -2.27. The summed E-state index contributed by atoms with van der Waals surface area (Å²) in [6, 6.07) is 11.1. The molecule has 0 spiro atoms. The standard InChI is InChI=1S/C16H17N3OS/c17-12-6-2-3-7-13(12)18-16(20)14-8-9-15(21-14)19-10-4-1-5-11-19/h1-4,6-9H,5,10-11,17H2,(H,18,20). The van der Waals surface area contributed by atoms with Gasteiger partial charge in [0.1, 0.15) is 0 Å². The third-order valence-electron chi connectivity index (χ3n) is 3.39. The van der Waals surface area contributed by atoms with E-state index >= 15 is 0 Å². The van der Waals surface area contributed by atoms with E-state index in [4.69, 9.17) is 5.73 Å². The van der Waals surface area contributed by atoms with Crippen LogP contribution in [0.3, 0.4) is 0 Å². The molecule has 0 atom stereocenters. The number of benzene rings is 1. The summed E-state index contributed by atoms with van der Waals surface area (Å²) in [6.07, 6.45) is 5.41. The summed E-state index contributed by atoms with van der Waals surface area (Å²) in [5, 5.41) is 3.99. The Labute approximate surface area is 127 Å². The van der Waals surface area contributed by atoms with Crippen LogP contribution in [-0.4, -0.2) is 19.0 Å². The average Bonchev–Trinajstić information content (AvgIpc) is 3.00. The van der Waals surface area contributed by atoms with Crippen molar-refractivity contribution in [2.45, 2.75) is 6.42 Å². The minimum Gasteiger partial charge on any atom is -0.397 e. The van der Waals surface area contributed by atoms with Gasteiger partial charge in [0.25, 0.3) is 5.91 Å². The molecule has 1 amide bonds. The van der Waals surface area contributed by atoms with Crippen LogP contribution in [-0.2, 0) is 0 Å². The molecule has 0 saturated heterocycles. The van der Waals surface area contributed by atoms with Crippen LogP contribution in [0, 0.1) is 0 Å². The summed E-state index contributed by atoms with van der Waals surface area (Å²) in [6.45, 7) is 1.91. The highest BCUT2D eigenvalue weighted by atomic mass is 32.1. The number of carbonyl (C=O) groups is 1. The number of anilines is 3. The highest BCUT2D eigenvalue weighted by Crippen LogP contribution is 2.28. The zero-order chi connectivity index (χ0) is 14.7. The van der Waals surface area contributed by atoms with E-state index in [0.29, 0.717) is 16.3 Å². The number of amides is 1. The van der Waals surface area contributed by atoms with Crippen molar-refractivity contribution in [3.63, 3.8) is 0 Å². The van der Waals surface area contributed by atoms with Crippen LogP contribution in [0.15, 0.2) is 48.6 Å². The molecule has 5 heteroatoms. The molecule has 4 nitrogen and oxygen atoms in total. The van der Waals surface area contributed by atoms with Gasteiger partial charge >= 0.3 is 0 Å². The highest BCUT2D eigenvalue weighted by molar-refractivity contribution is 7.18. The maximum Gasteiger partial charge on any atom is 0.265 e. The van der Waals surface area contributed by atoms with Gasteiger partial charge in [-0.15, -0.1) is 11.3 Å². The summed E-state index contributed by atoms with van der Waals surface area (Å²) in [4.78, 5) is 15.2. The van der Waals surface area contributed by atoms with E-state index in [2.05, 4.69) is 22.4 Å². The Morgan fingerprint density at radius 3 is 2.81 bits per heavy atom. The van der Waals surface area contributed by atoms with Crippen LogP contribution in [0.2, 0.25) is 0 Å². The van der Waals surface area contributed by atoms with Gasteiger partial charge < -0.3 is 16.0 Å². The van der Waals surface area contributed by atoms with Crippen molar-refractivity contribution in [3.8, 4) is 0 Å². The topological polar surface area (TPSA) is 58.4 Å². The van der Waals surface area contributed by atoms with Gasteiger partial charge in [0.15, 0.2) is 0 Å². The summed E-state index contributed by atoms with van der Waals surface area (Å²) in [5.74, 6) is -0.114. The molecule has 21 heavy (non-hydrogen) atoms. The largest absolute Gasteiger partial charge is 0.397 e. The molecule has 0 bridgehead atoms. The van der Waals surface area contributed by atoms with Crippen molar-refractivity contribution < 1.29 is 4.79 Å². The van der Waals surface area contributed by atoms with Crippen molar-refractivity contribution in [1.82, 2.24) is 0 Å². The van der Waals surface area contributed by atoms with E-state index in [1.165, 1.54) is 11.3 Å². The Bertz CT molecular complexity index is 678. The lowest BCUT2D eigenvalue weighted by molar-refractivity contribution is 0.103. The second kappa shape index (κ2) is 6.01. The van der Waals surface area contributed by atoms with Crippen molar-refractivity contribution in [1.29, 1.82) is 0 Å². The molecule has 1 aromatic heterocycles. The first kappa shape index (κ1) is 13.7. The molecule has 0 saturated carbocycles. The van der Waals surface area contributed by atoms with Crippen molar-refractivity contribution in [2.75, 3.05) is 29.0 Å². The van der Waals surface area contributed by atoms with Crippen LogP contribution in [0.4, 0.5) is 16.4 Å². The zero-order valence-corrected chi connectivity index (χ0v) is 12.4. The number of nitrogens with zero attached hydrogens (tertiary/aromatic N) is 1. The number of thiophene rings is 1. The first-order valence-electron chi connectivity index (χ1n) is 6.89. The van der Waals surface area contributed by atoms with E-state index in [1.807, 2.05) is 24.3 Å². The lowest BCUT2D eigenvalue weighted by Gasteiger charge is -2.23. The van der Waals surface area contributed by atoms with Gasteiger partial charge in [-0.05, 0) is 30.7 Å². The second-order valence-corrected chi connectivity index (χ2v) is 5.95. The number of nitrogens with one attached hydrogen (secondary N) is 1. The number of hydrogen-bond donors (Lipinski definition) is 2. The smallest absolute Gasteiger partial charge is 0.265 e. The Morgan fingerprint density at radius 1 is 1.19 bits per heavy atom. The number of rotatable bonds is 3. The molecular formula is C16H17N3OS. The average molecular weight is 299 g/mol. The van der Waals surface area contributed by atoms with E-state index in [-0.39, 0.29) is 5.91 Å². The van der Waals surface area contributed by atoms with E-state index in [9.17, 15) is 4.79 Å². The maximum atomic E-state index is 12.3. The van der Waals surface area contributed by atoms with Gasteiger partial charge in [0.2, 0.25) is 0 Å². The van der Waals surface area contributed by atoms with Gasteiger partial charge in [0, 0.05) is 13.1 Å². The van der Waals surface area contributed by atoms with Crippen LogP contribution in [0.25, 0.3) is 0 Å². The summed E-state index contributed by atoms with van der Waals surface area (Å²) in [7, 11) is 0. The van der Waals surface area contributed by atoms with Crippen molar-refractivity contribution in [3.05, 3.63) is 53.4 Å². The molecule has 0 radical (unpaired) electrons. The Morgan fingerprint density at radius 2 is 2.05 bits per heavy atom. The van der Waals surface area contributed by atoms with E-state index in [1.54, 1.807) is 12.1 Å². The molecule has 1 aromatic carbocycles. The van der Waals surface area contributed by atoms with Gasteiger partial charge in [-0.2, -0.15) is 0 Å². The van der Waals surface area contributed by atoms with Gasteiger partial charge in [-0.3, -0.25) is 4.79 Å². The van der Waals surface area contributed by atoms with Crippen LogP contribution in [0.5, 0.6) is 0 Å². The molecule has 1 aliphatic heterocycles. The number of hydrogen-bond acceptors (Lipinski definition) is 4. The van der Waals surface area contributed by atoms with Crippen molar-refractivity contribution in [2.24, 2.45) is 0 Å². The minimum absolute atomic E-state index is 0.114. The molecular weight excluding hydrogens is 282 g/mol. The number of para-hydroxylation sites is 2. The maximum absolute atomic E-state index is 12.3. The predicted molar refractivity (Wildman–Crippen MR) is 89.1 cm³/mol. The quantitative estimate of drug-likeness (QED) is 0.675. The summed E-state index contributed by atoms with van der Waals surface area (Å²) in [5.41, 5.74) is 7.07. The van der Waals surface area contributed by atoms with Gasteiger partial charge in [-0.25, -0.2) is 0 Å². The fourth-order valence-electron chi connectivity index (χ4n) is 2.26. The first-order chi connectivity index (χ1) is 10.2. The fraction of sp³-hybridized carbons (Fsp3) is 0.188. The highest BCUT2D eigenvalue weighted by Gasteiger charge is 2.14. The molecule has 3 N–H and O–H groups in total. The molecule has 3 rings (SSSR count). The SMILES string of the molecule is Nc1ccccc1NC(=O)c1ccc(N2CC=CCC2)s1. The molecule has 2 aromatic rings. The van der Waals surface area contributed by atoms with Crippen LogP contribution in [0.1, 0.15) is 16.1 Å². The van der Waals surface area contributed by atoms with E-state index < -0.39 is 0 Å². The molecule has 0 unspecified atom stereocenters. The van der Waals surface area contributed by atoms with Crippen LogP contribution >= 0.6 is 11.3 Å². The normalized spacial score (nSPS) is 14.2. The molecule has 0 fully saturated rings. The second-order valence-electron chi connectivity index (χ2n) is 4.89. The van der Waals surface area contributed by atoms with Gasteiger partial charge in [-0.1, -0.05) is 24.3 Å². The number of nitrogen functional groups attached to an aromatic ring is 1. The van der Waals surface area contributed by atoms with Crippen LogP contribution < -0.4 is 16.0 Å². The number of carbonyl (C=O) groups excluding carboxylic acids is 1. The lowest BCUT2D eigenvalue weighted by atomic mass is 10.2. The fourth-order valence-corrected chi connectivity index (χ4v) is 3.19. The molecule has 108 valence electrons. The summed E-state index contributed by atoms with van der Waals surface area (Å²) >= 11 is 1.51. The Kier molecular flexibility index (Phi) is 3.92. The number of nitrogens with two attached hydrogens (primary N) is 1. The monoisotopic (exact) mass is 299 g/mol. The Balaban J connectivity index is 1.72. The molecule has 1 aliphatic rings. The summed E-state index contributed by atoms with van der Waals surface area (Å²) < 4.78 is 0. The molecule has 2 heterocycles. The van der Waals surface area contributed by atoms with Crippen molar-refractivity contribution >= 4 is 33.6 Å². The lowest BCUT2D eigenvalue weighted by Crippen LogP contribution is -2.25. The molecule has 0 aliphatic carbocycles. The zero-order valence-electron chi connectivity index (χ0n) is 11.6. The minimum atomic E-state index is -0.114. The predicted octanol–water partition coefficient (Wildman–Crippen LogP) is 3.35. The third kappa shape index (κ3) is 3.08. The van der Waals surface area contributed by atoms with Gasteiger partial charge in [0.05, 0.1) is 21.3 Å². The van der Waals surface area contributed by atoms with E-state index in [0.717, 1.165) is 24.5 Å². The third-order valence-corrected chi connectivity index (χ3v) is 4.54. The first-order valence-corrected chi connectivity index (χ1v) is 7.71.